The number of carbonyl (C=O) groups excluding carboxylic acids is 2. The smallest absolute Gasteiger partial charge is 0.350 e. The van der Waals surface area contributed by atoms with E-state index in [1.165, 1.54) is 23.5 Å². The summed E-state index contributed by atoms with van der Waals surface area (Å²) in [4.78, 5) is 34.3. The first-order valence-corrected chi connectivity index (χ1v) is 11.7. The molecule has 0 aliphatic carbocycles. The van der Waals surface area contributed by atoms with E-state index in [2.05, 4.69) is 25.5 Å². The number of thiophene rings is 1. The van der Waals surface area contributed by atoms with E-state index in [0.29, 0.717) is 21.5 Å². The van der Waals surface area contributed by atoms with Crippen molar-refractivity contribution in [3.05, 3.63) is 65.6 Å². The molecule has 2 N–H and O–H groups in total. The monoisotopic (exact) mass is 483 g/mol. The molecule has 0 fully saturated rings. The van der Waals surface area contributed by atoms with Crippen molar-refractivity contribution in [2.45, 2.75) is 12.1 Å². The van der Waals surface area contributed by atoms with Crippen LogP contribution in [-0.2, 0) is 9.53 Å². The van der Waals surface area contributed by atoms with Gasteiger partial charge >= 0.3 is 5.97 Å². The minimum absolute atomic E-state index is 0.0393. The third-order valence-electron chi connectivity index (χ3n) is 4.35. The Labute approximate surface area is 196 Å². The fraction of sp³-hybridized carbons (Fsp3) is 0.136. The number of esters is 1. The number of H-pyrrole nitrogens is 1. The number of aromatic nitrogens is 4. The van der Waals surface area contributed by atoms with Gasteiger partial charge in [-0.3, -0.25) is 14.9 Å². The Hall–Kier alpha value is -3.57. The summed E-state index contributed by atoms with van der Waals surface area (Å²) in [6, 6.07) is 11.2. The standard InChI is InChI=1S/C22H18FN5O3S2/c1-2-31-21(30)19-16(11-17(33-19)13-3-5-15(23)6-4-13)25-18(29)12-32-22-26-20(27-28-22)14-7-9-24-10-8-14/h3-11H,2,12H2,1H3,(H,25,29)(H,26,27,28). The Morgan fingerprint density at radius 1 is 1.15 bits per heavy atom. The van der Waals surface area contributed by atoms with E-state index in [9.17, 15) is 14.0 Å². The van der Waals surface area contributed by atoms with Crippen molar-refractivity contribution in [3.63, 3.8) is 0 Å². The summed E-state index contributed by atoms with van der Waals surface area (Å²) in [5, 5.41) is 10.1. The molecule has 4 rings (SSSR count). The Morgan fingerprint density at radius 3 is 2.64 bits per heavy atom. The maximum absolute atomic E-state index is 13.3. The Morgan fingerprint density at radius 2 is 1.91 bits per heavy atom. The van der Waals surface area contributed by atoms with Gasteiger partial charge in [0.25, 0.3) is 0 Å². The molecule has 0 aliphatic rings. The summed E-state index contributed by atoms with van der Waals surface area (Å²) in [5.74, 6) is -0.603. The van der Waals surface area contributed by atoms with E-state index in [0.717, 1.165) is 22.9 Å². The van der Waals surface area contributed by atoms with Crippen molar-refractivity contribution in [3.8, 4) is 21.8 Å². The van der Waals surface area contributed by atoms with Crippen molar-refractivity contribution >= 4 is 40.7 Å². The van der Waals surface area contributed by atoms with Crippen LogP contribution in [0.5, 0.6) is 0 Å². The van der Waals surface area contributed by atoms with Gasteiger partial charge in [-0.15, -0.1) is 16.4 Å². The number of aromatic amines is 1. The number of nitrogens with zero attached hydrogens (tertiary/aromatic N) is 3. The van der Waals surface area contributed by atoms with Crippen molar-refractivity contribution in [1.82, 2.24) is 20.2 Å². The van der Waals surface area contributed by atoms with Gasteiger partial charge in [-0.25, -0.2) is 14.2 Å². The van der Waals surface area contributed by atoms with Gasteiger partial charge in [0.05, 0.1) is 18.0 Å². The lowest BCUT2D eigenvalue weighted by molar-refractivity contribution is -0.113. The van der Waals surface area contributed by atoms with Crippen LogP contribution in [0.2, 0.25) is 0 Å². The van der Waals surface area contributed by atoms with E-state index in [4.69, 9.17) is 4.74 Å². The topological polar surface area (TPSA) is 110 Å². The zero-order valence-electron chi connectivity index (χ0n) is 17.4. The zero-order valence-corrected chi connectivity index (χ0v) is 19.0. The number of nitrogens with one attached hydrogen (secondary N) is 2. The third kappa shape index (κ3) is 5.62. The predicted octanol–water partition coefficient (Wildman–Crippen LogP) is 4.64. The molecule has 1 aromatic carbocycles. The van der Waals surface area contributed by atoms with Crippen LogP contribution in [0.15, 0.2) is 60.0 Å². The second-order valence-electron chi connectivity index (χ2n) is 6.62. The SMILES string of the molecule is CCOC(=O)c1sc(-c2ccc(F)cc2)cc1NC(=O)CSc1n[nH]c(-c2ccncc2)n1. The highest BCUT2D eigenvalue weighted by Crippen LogP contribution is 2.35. The first kappa shape index (κ1) is 22.6. The van der Waals surface area contributed by atoms with Crippen molar-refractivity contribution < 1.29 is 18.7 Å². The molecule has 0 radical (unpaired) electrons. The minimum atomic E-state index is -0.533. The lowest BCUT2D eigenvalue weighted by Gasteiger charge is -2.05. The molecule has 4 aromatic rings. The number of amides is 1. The molecule has 3 heterocycles. The third-order valence-corrected chi connectivity index (χ3v) is 6.36. The first-order valence-electron chi connectivity index (χ1n) is 9.86. The lowest BCUT2D eigenvalue weighted by Crippen LogP contribution is -2.16. The van der Waals surface area contributed by atoms with Gasteiger partial charge in [-0.2, -0.15) is 0 Å². The number of halogens is 1. The van der Waals surface area contributed by atoms with Crippen LogP contribution >= 0.6 is 23.1 Å². The number of anilines is 1. The number of hydrogen-bond donors (Lipinski definition) is 2. The molecule has 0 saturated heterocycles. The van der Waals surface area contributed by atoms with Crippen molar-refractivity contribution in [2.24, 2.45) is 0 Å². The molecular formula is C22H18FN5O3S2. The number of ether oxygens (including phenoxy) is 1. The summed E-state index contributed by atoms with van der Waals surface area (Å²) in [5.41, 5.74) is 1.90. The number of hydrogen-bond acceptors (Lipinski definition) is 8. The highest BCUT2D eigenvalue weighted by Gasteiger charge is 2.20. The largest absolute Gasteiger partial charge is 0.462 e. The van der Waals surface area contributed by atoms with Crippen LogP contribution in [-0.4, -0.2) is 44.4 Å². The molecule has 3 aromatic heterocycles. The zero-order chi connectivity index (χ0) is 23.2. The molecule has 168 valence electrons. The second kappa shape index (κ2) is 10.4. The predicted molar refractivity (Wildman–Crippen MR) is 125 cm³/mol. The molecule has 0 saturated carbocycles. The number of benzene rings is 1. The van der Waals surface area contributed by atoms with Crippen LogP contribution < -0.4 is 5.32 Å². The van der Waals surface area contributed by atoms with Gasteiger partial charge in [-0.1, -0.05) is 23.9 Å². The molecule has 33 heavy (non-hydrogen) atoms. The van der Waals surface area contributed by atoms with Gasteiger partial charge in [0, 0.05) is 22.8 Å². The molecule has 0 bridgehead atoms. The van der Waals surface area contributed by atoms with Crippen LogP contribution in [0.4, 0.5) is 10.1 Å². The van der Waals surface area contributed by atoms with Gasteiger partial charge in [0.15, 0.2) is 5.82 Å². The van der Waals surface area contributed by atoms with Crippen LogP contribution in [0, 0.1) is 5.82 Å². The van der Waals surface area contributed by atoms with E-state index >= 15 is 0 Å². The molecule has 0 atom stereocenters. The van der Waals surface area contributed by atoms with Gasteiger partial charge in [-0.05, 0) is 42.8 Å². The maximum Gasteiger partial charge on any atom is 0.350 e. The molecular weight excluding hydrogens is 465 g/mol. The highest BCUT2D eigenvalue weighted by molar-refractivity contribution is 7.99. The second-order valence-corrected chi connectivity index (χ2v) is 8.61. The Kier molecular flexibility index (Phi) is 7.10. The normalized spacial score (nSPS) is 10.7. The Bertz CT molecular complexity index is 1260. The highest BCUT2D eigenvalue weighted by atomic mass is 32.2. The average molecular weight is 484 g/mol. The van der Waals surface area contributed by atoms with E-state index in [1.54, 1.807) is 49.6 Å². The number of carbonyl (C=O) groups is 2. The van der Waals surface area contributed by atoms with Crippen LogP contribution in [0.3, 0.4) is 0 Å². The fourth-order valence-corrected chi connectivity index (χ4v) is 4.47. The number of pyridine rings is 1. The molecule has 0 aliphatic heterocycles. The maximum atomic E-state index is 13.3. The fourth-order valence-electron chi connectivity index (χ4n) is 2.85. The van der Waals surface area contributed by atoms with Gasteiger partial charge in [0.1, 0.15) is 10.7 Å². The van der Waals surface area contributed by atoms with E-state index in [-0.39, 0.29) is 29.0 Å². The molecule has 11 heteroatoms. The average Bonchev–Trinajstić information content (AvgIpc) is 3.47. The molecule has 1 amide bonds. The van der Waals surface area contributed by atoms with Crippen molar-refractivity contribution in [1.29, 1.82) is 0 Å². The van der Waals surface area contributed by atoms with Crippen LogP contribution in [0.1, 0.15) is 16.6 Å². The summed E-state index contributed by atoms with van der Waals surface area (Å²) < 4.78 is 18.4. The van der Waals surface area contributed by atoms with Crippen molar-refractivity contribution in [2.75, 3.05) is 17.7 Å². The summed E-state index contributed by atoms with van der Waals surface area (Å²) >= 11 is 2.33. The molecule has 0 spiro atoms. The van der Waals surface area contributed by atoms with Gasteiger partial charge in [0.2, 0.25) is 11.1 Å². The first-order chi connectivity index (χ1) is 16.0. The Balaban J connectivity index is 1.46. The quantitative estimate of drug-likeness (QED) is 0.277. The lowest BCUT2D eigenvalue weighted by atomic mass is 10.2. The minimum Gasteiger partial charge on any atom is -0.462 e. The van der Waals surface area contributed by atoms with E-state index in [1.807, 2.05) is 0 Å². The number of rotatable bonds is 8. The summed E-state index contributed by atoms with van der Waals surface area (Å²) in [6.07, 6.45) is 3.31. The van der Waals surface area contributed by atoms with Crippen LogP contribution in [0.25, 0.3) is 21.8 Å². The number of thioether (sulfide) groups is 1. The summed E-state index contributed by atoms with van der Waals surface area (Å²) in [7, 11) is 0. The molecule has 0 unspecified atom stereocenters. The van der Waals surface area contributed by atoms with Gasteiger partial charge < -0.3 is 10.1 Å². The molecule has 8 nitrogen and oxygen atoms in total. The van der Waals surface area contributed by atoms with E-state index < -0.39 is 5.97 Å². The summed E-state index contributed by atoms with van der Waals surface area (Å²) in [6.45, 7) is 1.91.